The third-order valence-corrected chi connectivity index (χ3v) is 2.25. The molecule has 0 saturated heterocycles. The van der Waals surface area contributed by atoms with E-state index in [2.05, 4.69) is 10.1 Å². The van der Waals surface area contributed by atoms with Gasteiger partial charge in [0.2, 0.25) is 0 Å². The van der Waals surface area contributed by atoms with Crippen molar-refractivity contribution in [2.75, 3.05) is 13.7 Å². The third-order valence-electron chi connectivity index (χ3n) is 2.25. The predicted octanol–water partition coefficient (Wildman–Crippen LogP) is 0.178. The zero-order valence-electron chi connectivity index (χ0n) is 7.75. The van der Waals surface area contributed by atoms with E-state index in [1.165, 1.54) is 19.4 Å². The number of esters is 1. The smallest absolute Gasteiger partial charge is 0.331 e. The lowest BCUT2D eigenvalue weighted by atomic mass is 9.80. The summed E-state index contributed by atoms with van der Waals surface area (Å²) < 4.78 is 4.39. The molecular formula is C9H15NO3. The van der Waals surface area contributed by atoms with Crippen LogP contribution in [0.5, 0.6) is 0 Å². The van der Waals surface area contributed by atoms with Gasteiger partial charge >= 0.3 is 5.97 Å². The fraction of sp³-hybridized carbons (Fsp3) is 0.667. The van der Waals surface area contributed by atoms with Gasteiger partial charge in [0.05, 0.1) is 12.7 Å². The van der Waals surface area contributed by atoms with Gasteiger partial charge in [-0.3, -0.25) is 0 Å². The molecule has 0 aromatic carbocycles. The van der Waals surface area contributed by atoms with Gasteiger partial charge in [0.15, 0.2) is 0 Å². The van der Waals surface area contributed by atoms with Gasteiger partial charge in [0.1, 0.15) is 0 Å². The summed E-state index contributed by atoms with van der Waals surface area (Å²) >= 11 is 0. The maximum atomic E-state index is 10.6. The fourth-order valence-electron chi connectivity index (χ4n) is 1.21. The van der Waals surface area contributed by atoms with Gasteiger partial charge in [-0.15, -0.1) is 0 Å². The second-order valence-electron chi connectivity index (χ2n) is 3.32. The lowest BCUT2D eigenvalue weighted by molar-refractivity contribution is -0.134. The molecule has 0 aromatic heterocycles. The predicted molar refractivity (Wildman–Crippen MR) is 48.0 cm³/mol. The Morgan fingerprint density at radius 1 is 1.69 bits per heavy atom. The molecule has 0 aromatic rings. The van der Waals surface area contributed by atoms with E-state index in [-0.39, 0.29) is 0 Å². The number of methoxy groups -OCH3 is 1. The lowest BCUT2D eigenvalue weighted by Gasteiger charge is -2.36. The van der Waals surface area contributed by atoms with Crippen LogP contribution in [0.15, 0.2) is 12.3 Å². The number of aliphatic hydroxyl groups is 1. The van der Waals surface area contributed by atoms with Gasteiger partial charge in [0, 0.05) is 18.8 Å². The Kier molecular flexibility index (Phi) is 3.31. The van der Waals surface area contributed by atoms with Gasteiger partial charge in [-0.05, 0) is 19.3 Å². The van der Waals surface area contributed by atoms with Crippen molar-refractivity contribution in [3.63, 3.8) is 0 Å². The summed E-state index contributed by atoms with van der Waals surface area (Å²) in [5.74, 6) is -0.395. The molecule has 0 amide bonds. The van der Waals surface area contributed by atoms with E-state index in [1.54, 1.807) is 0 Å². The Morgan fingerprint density at radius 3 is 2.85 bits per heavy atom. The van der Waals surface area contributed by atoms with Crippen LogP contribution in [0, 0.1) is 0 Å². The van der Waals surface area contributed by atoms with E-state index < -0.39 is 11.6 Å². The number of rotatable bonds is 4. The number of hydrogen-bond acceptors (Lipinski definition) is 4. The fourth-order valence-corrected chi connectivity index (χ4v) is 1.21. The van der Waals surface area contributed by atoms with Crippen LogP contribution >= 0.6 is 0 Å². The van der Waals surface area contributed by atoms with Crippen LogP contribution in [0.25, 0.3) is 0 Å². The maximum Gasteiger partial charge on any atom is 0.331 e. The van der Waals surface area contributed by atoms with Crippen LogP contribution in [0.4, 0.5) is 0 Å². The highest BCUT2D eigenvalue weighted by Crippen LogP contribution is 2.30. The molecule has 1 aliphatic rings. The lowest BCUT2D eigenvalue weighted by Crippen LogP contribution is -2.44. The monoisotopic (exact) mass is 185 g/mol. The average Bonchev–Trinajstić information content (AvgIpc) is 2.09. The summed E-state index contributed by atoms with van der Waals surface area (Å²) in [6.45, 7) is 0.500. The van der Waals surface area contributed by atoms with Crippen molar-refractivity contribution in [3.8, 4) is 0 Å². The summed E-state index contributed by atoms with van der Waals surface area (Å²) in [6.07, 6.45) is 5.56. The van der Waals surface area contributed by atoms with Crippen molar-refractivity contribution < 1.29 is 14.6 Å². The molecule has 1 aliphatic carbocycles. The van der Waals surface area contributed by atoms with Crippen LogP contribution in [0.3, 0.4) is 0 Å². The molecule has 2 N–H and O–H groups in total. The molecule has 0 bridgehead atoms. The molecule has 1 fully saturated rings. The molecule has 74 valence electrons. The van der Waals surface area contributed by atoms with Crippen LogP contribution in [-0.2, 0) is 9.53 Å². The first-order valence-corrected chi connectivity index (χ1v) is 4.37. The average molecular weight is 185 g/mol. The molecule has 0 heterocycles. The van der Waals surface area contributed by atoms with Crippen LogP contribution < -0.4 is 5.32 Å². The Morgan fingerprint density at radius 2 is 2.38 bits per heavy atom. The first-order valence-electron chi connectivity index (χ1n) is 4.37. The Hall–Kier alpha value is -1.03. The summed E-state index contributed by atoms with van der Waals surface area (Å²) in [7, 11) is 1.33. The second kappa shape index (κ2) is 4.28. The molecule has 4 heteroatoms. The van der Waals surface area contributed by atoms with Crippen molar-refractivity contribution in [1.82, 2.24) is 5.32 Å². The normalized spacial score (nSPS) is 19.5. The Balaban J connectivity index is 2.13. The summed E-state index contributed by atoms with van der Waals surface area (Å²) in [5.41, 5.74) is -0.555. The summed E-state index contributed by atoms with van der Waals surface area (Å²) in [4.78, 5) is 10.6. The highest BCUT2D eigenvalue weighted by Gasteiger charge is 2.33. The van der Waals surface area contributed by atoms with Crippen molar-refractivity contribution in [2.24, 2.45) is 0 Å². The molecule has 1 saturated carbocycles. The van der Waals surface area contributed by atoms with Gasteiger partial charge in [-0.2, -0.15) is 0 Å². The van der Waals surface area contributed by atoms with E-state index in [1.807, 2.05) is 0 Å². The Labute approximate surface area is 77.6 Å². The minimum atomic E-state index is -0.555. The highest BCUT2D eigenvalue weighted by atomic mass is 16.5. The zero-order chi connectivity index (χ0) is 9.73. The number of ether oxygens (including phenoxy) is 1. The van der Waals surface area contributed by atoms with Crippen molar-refractivity contribution >= 4 is 5.97 Å². The Bertz CT molecular complexity index is 209. The minimum Gasteiger partial charge on any atom is -0.466 e. The topological polar surface area (TPSA) is 58.6 Å². The number of hydrogen-bond donors (Lipinski definition) is 2. The zero-order valence-corrected chi connectivity index (χ0v) is 7.75. The number of nitrogens with one attached hydrogen (secondary N) is 1. The number of carbonyl (C=O) groups excluding carboxylic acids is 1. The molecule has 1 rings (SSSR count). The van der Waals surface area contributed by atoms with E-state index in [9.17, 15) is 9.90 Å². The van der Waals surface area contributed by atoms with Crippen LogP contribution in [-0.4, -0.2) is 30.3 Å². The van der Waals surface area contributed by atoms with Crippen molar-refractivity contribution in [1.29, 1.82) is 0 Å². The first kappa shape index (κ1) is 10.1. The molecule has 0 atom stereocenters. The number of carbonyl (C=O) groups is 1. The van der Waals surface area contributed by atoms with Crippen LogP contribution in [0.1, 0.15) is 19.3 Å². The van der Waals surface area contributed by atoms with Crippen molar-refractivity contribution in [2.45, 2.75) is 24.9 Å². The quantitative estimate of drug-likeness (QED) is 0.484. The molecule has 0 unspecified atom stereocenters. The maximum absolute atomic E-state index is 10.6. The largest absolute Gasteiger partial charge is 0.466 e. The van der Waals surface area contributed by atoms with E-state index in [0.717, 1.165) is 19.3 Å². The van der Waals surface area contributed by atoms with Crippen molar-refractivity contribution in [3.05, 3.63) is 12.3 Å². The van der Waals surface area contributed by atoms with E-state index in [4.69, 9.17) is 0 Å². The molecular weight excluding hydrogens is 170 g/mol. The third kappa shape index (κ3) is 3.06. The van der Waals surface area contributed by atoms with Crippen LogP contribution in [0.2, 0.25) is 0 Å². The second-order valence-corrected chi connectivity index (χ2v) is 3.32. The van der Waals surface area contributed by atoms with E-state index in [0.29, 0.717) is 6.54 Å². The molecule has 13 heavy (non-hydrogen) atoms. The van der Waals surface area contributed by atoms with Gasteiger partial charge in [-0.25, -0.2) is 4.79 Å². The minimum absolute atomic E-state index is 0.395. The first-order chi connectivity index (χ1) is 6.16. The van der Waals surface area contributed by atoms with E-state index >= 15 is 0 Å². The highest BCUT2D eigenvalue weighted by molar-refractivity contribution is 5.81. The molecule has 4 nitrogen and oxygen atoms in total. The van der Waals surface area contributed by atoms with Gasteiger partial charge in [0.25, 0.3) is 0 Å². The van der Waals surface area contributed by atoms with Gasteiger partial charge < -0.3 is 15.2 Å². The summed E-state index contributed by atoms with van der Waals surface area (Å²) in [6, 6.07) is 0. The standard InChI is InChI=1S/C9H15NO3/c1-13-8(11)3-6-10-7-9(12)4-2-5-9/h3,6,10,12H,2,4-5,7H2,1H3/b6-3+. The molecule has 0 radical (unpaired) electrons. The van der Waals surface area contributed by atoms with Gasteiger partial charge in [-0.1, -0.05) is 0 Å². The molecule has 0 spiro atoms. The summed E-state index contributed by atoms with van der Waals surface area (Å²) in [5, 5.41) is 12.5. The SMILES string of the molecule is COC(=O)/C=C/NCC1(O)CCC1. The molecule has 0 aliphatic heterocycles.